The molecule has 3 rings (SSSR count). The molecule has 0 fully saturated rings. The summed E-state index contributed by atoms with van der Waals surface area (Å²) in [4.78, 5) is 20.7. The number of carbonyl (C=O) groups excluding carboxylic acids is 1. The van der Waals surface area contributed by atoms with E-state index in [1.165, 1.54) is 11.3 Å². The summed E-state index contributed by atoms with van der Waals surface area (Å²) in [5, 5.41) is 5.27. The number of aromatic nitrogens is 2. The summed E-state index contributed by atoms with van der Waals surface area (Å²) >= 11 is 4.75. The van der Waals surface area contributed by atoms with E-state index in [1.807, 2.05) is 35.7 Å². The second kappa shape index (κ2) is 6.15. The average molecular weight is 360 g/mol. The highest BCUT2D eigenvalue weighted by Crippen LogP contribution is 2.25. The number of carbonyl (C=O) groups is 1. The maximum absolute atomic E-state index is 12.2. The maximum Gasteiger partial charge on any atom is 0.258 e. The lowest BCUT2D eigenvalue weighted by Gasteiger charge is -2.03. The minimum atomic E-state index is -0.186. The zero-order chi connectivity index (χ0) is 14.7. The van der Waals surface area contributed by atoms with Crippen molar-refractivity contribution in [3.8, 4) is 11.3 Å². The molecule has 0 saturated heterocycles. The van der Waals surface area contributed by atoms with Crippen LogP contribution in [0.4, 0.5) is 5.13 Å². The second-order valence-electron chi connectivity index (χ2n) is 4.21. The smallest absolute Gasteiger partial charge is 0.258 e. The fraction of sp³-hybridized carbons (Fsp3) is 0. The second-order valence-corrected chi connectivity index (χ2v) is 5.93. The molecule has 0 aliphatic heterocycles. The SMILES string of the molecule is O=C(Nc1nc(-c2cccnc2)cs1)c1ccccc1Br. The predicted octanol–water partition coefficient (Wildman–Crippen LogP) is 4.22. The van der Waals surface area contributed by atoms with Gasteiger partial charge in [-0.15, -0.1) is 11.3 Å². The first-order valence-electron chi connectivity index (χ1n) is 6.16. The summed E-state index contributed by atoms with van der Waals surface area (Å²) < 4.78 is 0.756. The van der Waals surface area contributed by atoms with Gasteiger partial charge in [-0.25, -0.2) is 4.98 Å². The highest BCUT2D eigenvalue weighted by Gasteiger charge is 2.12. The van der Waals surface area contributed by atoms with Crippen molar-refractivity contribution in [2.75, 3.05) is 5.32 Å². The third-order valence-corrected chi connectivity index (χ3v) is 4.25. The number of amides is 1. The molecular weight excluding hydrogens is 350 g/mol. The molecule has 1 aromatic carbocycles. The molecule has 0 bridgehead atoms. The Kier molecular flexibility index (Phi) is 4.08. The third-order valence-electron chi connectivity index (χ3n) is 2.80. The number of hydrogen-bond donors (Lipinski definition) is 1. The molecule has 0 radical (unpaired) electrons. The first kappa shape index (κ1) is 13.9. The summed E-state index contributed by atoms with van der Waals surface area (Å²) in [5.74, 6) is -0.186. The fourth-order valence-electron chi connectivity index (χ4n) is 1.79. The summed E-state index contributed by atoms with van der Waals surface area (Å²) in [6.07, 6.45) is 3.46. The van der Waals surface area contributed by atoms with Gasteiger partial charge >= 0.3 is 0 Å². The van der Waals surface area contributed by atoms with Gasteiger partial charge in [-0.1, -0.05) is 12.1 Å². The Bertz CT molecular complexity index is 773. The van der Waals surface area contributed by atoms with Crippen molar-refractivity contribution in [3.63, 3.8) is 0 Å². The van der Waals surface area contributed by atoms with Gasteiger partial charge in [0.25, 0.3) is 5.91 Å². The quantitative estimate of drug-likeness (QED) is 0.761. The van der Waals surface area contributed by atoms with Crippen molar-refractivity contribution in [3.05, 3.63) is 64.2 Å². The molecule has 0 spiro atoms. The molecule has 1 N–H and O–H groups in total. The fourth-order valence-corrected chi connectivity index (χ4v) is 2.97. The summed E-state index contributed by atoms with van der Waals surface area (Å²) in [7, 11) is 0. The van der Waals surface area contributed by atoms with Crippen LogP contribution in [0.3, 0.4) is 0 Å². The molecule has 4 nitrogen and oxygen atoms in total. The van der Waals surface area contributed by atoms with Gasteiger partial charge in [0.1, 0.15) is 0 Å². The minimum Gasteiger partial charge on any atom is -0.298 e. The van der Waals surface area contributed by atoms with E-state index in [9.17, 15) is 4.79 Å². The number of pyridine rings is 1. The molecule has 104 valence electrons. The van der Waals surface area contributed by atoms with Crippen molar-refractivity contribution in [2.24, 2.45) is 0 Å². The van der Waals surface area contributed by atoms with Crippen molar-refractivity contribution in [2.45, 2.75) is 0 Å². The highest BCUT2D eigenvalue weighted by atomic mass is 79.9. The van der Waals surface area contributed by atoms with Crippen molar-refractivity contribution >= 4 is 38.3 Å². The average Bonchev–Trinajstić information content (AvgIpc) is 2.97. The van der Waals surface area contributed by atoms with Gasteiger partial charge in [0.05, 0.1) is 11.3 Å². The lowest BCUT2D eigenvalue weighted by atomic mass is 10.2. The first-order valence-corrected chi connectivity index (χ1v) is 7.83. The van der Waals surface area contributed by atoms with Crippen LogP contribution < -0.4 is 5.32 Å². The van der Waals surface area contributed by atoms with Crippen LogP contribution in [0, 0.1) is 0 Å². The van der Waals surface area contributed by atoms with E-state index in [4.69, 9.17) is 0 Å². The number of nitrogens with zero attached hydrogens (tertiary/aromatic N) is 2. The number of thiazole rings is 1. The summed E-state index contributed by atoms with van der Waals surface area (Å²) in [6, 6.07) is 11.1. The standard InChI is InChI=1S/C15H10BrN3OS/c16-12-6-2-1-5-11(12)14(20)19-15-18-13(9-21-15)10-4-3-7-17-8-10/h1-9H,(H,18,19,20). The molecule has 21 heavy (non-hydrogen) atoms. The van der Waals surface area contributed by atoms with Gasteiger partial charge in [0, 0.05) is 27.8 Å². The molecular formula is C15H10BrN3OS. The highest BCUT2D eigenvalue weighted by molar-refractivity contribution is 9.10. The van der Waals surface area contributed by atoms with E-state index in [2.05, 4.69) is 31.2 Å². The van der Waals surface area contributed by atoms with Crippen LogP contribution in [0.15, 0.2) is 58.6 Å². The molecule has 2 aromatic heterocycles. The van der Waals surface area contributed by atoms with Gasteiger partial charge in [-0.05, 0) is 40.2 Å². The Morgan fingerprint density at radius 1 is 1.19 bits per heavy atom. The number of rotatable bonds is 3. The Hall–Kier alpha value is -2.05. The van der Waals surface area contributed by atoms with E-state index in [0.29, 0.717) is 10.7 Å². The van der Waals surface area contributed by atoms with Crippen molar-refractivity contribution < 1.29 is 4.79 Å². The largest absolute Gasteiger partial charge is 0.298 e. The molecule has 0 unspecified atom stereocenters. The van der Waals surface area contributed by atoms with Crippen LogP contribution in [-0.2, 0) is 0 Å². The number of anilines is 1. The Morgan fingerprint density at radius 2 is 2.05 bits per heavy atom. The minimum absolute atomic E-state index is 0.186. The maximum atomic E-state index is 12.2. The molecule has 1 amide bonds. The van der Waals surface area contributed by atoms with Gasteiger partial charge in [0.15, 0.2) is 5.13 Å². The normalized spacial score (nSPS) is 10.3. The number of halogens is 1. The van der Waals surface area contributed by atoms with E-state index in [0.717, 1.165) is 15.7 Å². The third kappa shape index (κ3) is 3.17. The van der Waals surface area contributed by atoms with E-state index < -0.39 is 0 Å². The Labute approximate surface area is 134 Å². The molecule has 2 heterocycles. The first-order chi connectivity index (χ1) is 10.2. The lowest BCUT2D eigenvalue weighted by molar-refractivity contribution is 0.102. The molecule has 0 saturated carbocycles. The van der Waals surface area contributed by atoms with E-state index >= 15 is 0 Å². The number of benzene rings is 1. The van der Waals surface area contributed by atoms with Crippen LogP contribution in [-0.4, -0.2) is 15.9 Å². The van der Waals surface area contributed by atoms with Gasteiger partial charge in [0.2, 0.25) is 0 Å². The van der Waals surface area contributed by atoms with Gasteiger partial charge in [-0.2, -0.15) is 0 Å². The molecule has 0 aliphatic rings. The van der Waals surface area contributed by atoms with E-state index in [-0.39, 0.29) is 5.91 Å². The zero-order valence-electron chi connectivity index (χ0n) is 10.8. The van der Waals surface area contributed by atoms with Crippen molar-refractivity contribution in [1.82, 2.24) is 9.97 Å². The summed E-state index contributed by atoms with van der Waals surface area (Å²) in [5.41, 5.74) is 2.31. The van der Waals surface area contributed by atoms with E-state index in [1.54, 1.807) is 18.5 Å². The van der Waals surface area contributed by atoms with Crippen LogP contribution >= 0.6 is 27.3 Å². The monoisotopic (exact) mass is 359 g/mol. The Morgan fingerprint density at radius 3 is 2.81 bits per heavy atom. The zero-order valence-corrected chi connectivity index (χ0v) is 13.2. The van der Waals surface area contributed by atoms with Crippen LogP contribution in [0.2, 0.25) is 0 Å². The summed E-state index contributed by atoms with van der Waals surface area (Å²) in [6.45, 7) is 0. The molecule has 6 heteroatoms. The van der Waals surface area contributed by atoms with Crippen LogP contribution in [0.5, 0.6) is 0 Å². The van der Waals surface area contributed by atoms with Gasteiger partial charge in [-0.3, -0.25) is 15.1 Å². The van der Waals surface area contributed by atoms with Crippen LogP contribution in [0.1, 0.15) is 10.4 Å². The topological polar surface area (TPSA) is 54.9 Å². The predicted molar refractivity (Wildman–Crippen MR) is 87.4 cm³/mol. The molecule has 3 aromatic rings. The van der Waals surface area contributed by atoms with Gasteiger partial charge < -0.3 is 0 Å². The molecule has 0 aliphatic carbocycles. The molecule has 0 atom stereocenters. The van der Waals surface area contributed by atoms with Crippen molar-refractivity contribution in [1.29, 1.82) is 0 Å². The Balaban J connectivity index is 1.79. The lowest BCUT2D eigenvalue weighted by Crippen LogP contribution is -2.12. The number of hydrogen-bond acceptors (Lipinski definition) is 4. The van der Waals surface area contributed by atoms with Crippen LogP contribution in [0.25, 0.3) is 11.3 Å². The number of nitrogens with one attached hydrogen (secondary N) is 1.